The predicted molar refractivity (Wildman–Crippen MR) is 92.8 cm³/mol. The van der Waals surface area contributed by atoms with E-state index >= 15 is 0 Å². The number of hydrogen-bond donors (Lipinski definition) is 1. The molecular formula is C19H18FN5. The third-order valence-corrected chi connectivity index (χ3v) is 4.02. The third-order valence-electron chi connectivity index (χ3n) is 4.02. The molecule has 0 spiro atoms. The lowest BCUT2D eigenvalue weighted by molar-refractivity contribution is 0.561. The Hall–Kier alpha value is -3.04. The fourth-order valence-corrected chi connectivity index (χ4v) is 2.66. The normalized spacial score (nSPS) is 11.9. The summed E-state index contributed by atoms with van der Waals surface area (Å²) in [4.78, 5) is 3.89. The number of aryl methyl sites for hydroxylation is 1. The molecule has 1 unspecified atom stereocenters. The topological polar surface area (TPSA) is 66.5 Å². The number of nitrogens with zero attached hydrogens (tertiary/aromatic N) is 4. The maximum absolute atomic E-state index is 13.3. The van der Waals surface area contributed by atoms with Crippen molar-refractivity contribution in [1.29, 1.82) is 5.26 Å². The molecule has 3 aromatic rings. The Labute approximate surface area is 145 Å². The van der Waals surface area contributed by atoms with Crippen LogP contribution in [0, 0.1) is 17.1 Å². The highest BCUT2D eigenvalue weighted by Crippen LogP contribution is 2.23. The van der Waals surface area contributed by atoms with E-state index in [1.165, 1.54) is 12.3 Å². The highest BCUT2D eigenvalue weighted by atomic mass is 19.1. The van der Waals surface area contributed by atoms with Gasteiger partial charge in [-0.25, -0.2) is 4.39 Å². The monoisotopic (exact) mass is 335 g/mol. The molecule has 1 aromatic carbocycles. The number of nitriles is 1. The minimum absolute atomic E-state index is 0.0442. The molecule has 0 aliphatic heterocycles. The molecule has 6 heteroatoms. The van der Waals surface area contributed by atoms with E-state index in [0.29, 0.717) is 12.1 Å². The third kappa shape index (κ3) is 3.90. The second-order valence-corrected chi connectivity index (χ2v) is 5.90. The van der Waals surface area contributed by atoms with Crippen molar-refractivity contribution >= 4 is 0 Å². The van der Waals surface area contributed by atoms with E-state index in [1.54, 1.807) is 23.0 Å². The molecule has 0 saturated carbocycles. The number of halogens is 1. The largest absolute Gasteiger partial charge is 0.306 e. The molecule has 1 N–H and O–H groups in total. The minimum Gasteiger partial charge on any atom is -0.306 e. The molecule has 25 heavy (non-hydrogen) atoms. The van der Waals surface area contributed by atoms with Crippen LogP contribution in [0.5, 0.6) is 0 Å². The van der Waals surface area contributed by atoms with Crippen molar-refractivity contribution in [3.8, 4) is 17.3 Å². The Morgan fingerprint density at radius 3 is 2.72 bits per heavy atom. The van der Waals surface area contributed by atoms with Gasteiger partial charge in [-0.15, -0.1) is 0 Å². The Morgan fingerprint density at radius 1 is 1.28 bits per heavy atom. The van der Waals surface area contributed by atoms with E-state index in [1.807, 2.05) is 32.3 Å². The molecule has 0 amide bonds. The van der Waals surface area contributed by atoms with Gasteiger partial charge < -0.3 is 5.32 Å². The molecule has 5 nitrogen and oxygen atoms in total. The fourth-order valence-electron chi connectivity index (χ4n) is 2.66. The summed E-state index contributed by atoms with van der Waals surface area (Å²) in [5, 5.41) is 16.8. The Bertz CT molecular complexity index is 908. The van der Waals surface area contributed by atoms with Gasteiger partial charge in [-0.1, -0.05) is 12.1 Å². The first-order valence-corrected chi connectivity index (χ1v) is 7.93. The van der Waals surface area contributed by atoms with Gasteiger partial charge in [0.15, 0.2) is 0 Å². The standard InChI is InChI=1S/C19H18FN5/c1-13(16-7-18(20)11-22-9-16)23-10-17-12-25(2)24-19(17)15-5-3-14(8-21)4-6-15/h3-7,9,11-13,23H,10H2,1-2H3. The van der Waals surface area contributed by atoms with E-state index in [2.05, 4.69) is 21.5 Å². The molecule has 0 aliphatic carbocycles. The van der Waals surface area contributed by atoms with Crippen molar-refractivity contribution < 1.29 is 4.39 Å². The van der Waals surface area contributed by atoms with Crippen LogP contribution in [0.25, 0.3) is 11.3 Å². The second-order valence-electron chi connectivity index (χ2n) is 5.90. The highest BCUT2D eigenvalue weighted by Gasteiger charge is 2.12. The fraction of sp³-hybridized carbons (Fsp3) is 0.211. The number of hydrogen-bond acceptors (Lipinski definition) is 4. The Kier molecular flexibility index (Phi) is 4.87. The van der Waals surface area contributed by atoms with Gasteiger partial charge in [0.05, 0.1) is 23.5 Å². The Morgan fingerprint density at radius 2 is 2.04 bits per heavy atom. The predicted octanol–water partition coefficient (Wildman–Crippen LogP) is 3.34. The lowest BCUT2D eigenvalue weighted by Crippen LogP contribution is -2.18. The summed E-state index contributed by atoms with van der Waals surface area (Å²) in [7, 11) is 1.87. The van der Waals surface area contributed by atoms with Crippen LogP contribution in [0.1, 0.15) is 29.7 Å². The number of nitrogens with one attached hydrogen (secondary N) is 1. The summed E-state index contributed by atoms with van der Waals surface area (Å²) >= 11 is 0. The molecule has 0 radical (unpaired) electrons. The molecule has 0 fully saturated rings. The van der Waals surface area contributed by atoms with E-state index in [0.717, 1.165) is 22.4 Å². The van der Waals surface area contributed by atoms with Gasteiger partial charge in [0.2, 0.25) is 0 Å². The van der Waals surface area contributed by atoms with E-state index in [4.69, 9.17) is 5.26 Å². The van der Waals surface area contributed by atoms with Crippen molar-refractivity contribution in [2.75, 3.05) is 0 Å². The van der Waals surface area contributed by atoms with Crippen LogP contribution in [0.4, 0.5) is 4.39 Å². The van der Waals surface area contributed by atoms with Gasteiger partial charge in [0.1, 0.15) is 5.82 Å². The minimum atomic E-state index is -0.342. The van der Waals surface area contributed by atoms with E-state index in [-0.39, 0.29) is 11.9 Å². The van der Waals surface area contributed by atoms with Gasteiger partial charge in [-0.2, -0.15) is 10.4 Å². The van der Waals surface area contributed by atoms with Crippen LogP contribution in [-0.2, 0) is 13.6 Å². The molecule has 0 aliphatic rings. The molecular weight excluding hydrogens is 317 g/mol. The average Bonchev–Trinajstić information content (AvgIpc) is 3.00. The highest BCUT2D eigenvalue weighted by molar-refractivity contribution is 5.63. The van der Waals surface area contributed by atoms with E-state index < -0.39 is 0 Å². The first-order chi connectivity index (χ1) is 12.1. The van der Waals surface area contributed by atoms with Crippen molar-refractivity contribution in [3.63, 3.8) is 0 Å². The van der Waals surface area contributed by atoms with Gasteiger partial charge in [-0.3, -0.25) is 9.67 Å². The lowest BCUT2D eigenvalue weighted by atomic mass is 10.1. The number of aromatic nitrogens is 3. The number of benzene rings is 1. The lowest BCUT2D eigenvalue weighted by Gasteiger charge is -2.14. The molecule has 2 heterocycles. The van der Waals surface area contributed by atoms with Gasteiger partial charge in [-0.05, 0) is 30.7 Å². The molecule has 3 rings (SSSR count). The van der Waals surface area contributed by atoms with Crippen molar-refractivity contribution in [2.24, 2.45) is 7.05 Å². The number of pyridine rings is 1. The van der Waals surface area contributed by atoms with Gasteiger partial charge in [0.25, 0.3) is 0 Å². The summed E-state index contributed by atoms with van der Waals surface area (Å²) in [5.41, 5.74) is 4.26. The second kappa shape index (κ2) is 7.24. The van der Waals surface area contributed by atoms with Crippen molar-refractivity contribution in [2.45, 2.75) is 19.5 Å². The van der Waals surface area contributed by atoms with Gasteiger partial charge >= 0.3 is 0 Å². The quantitative estimate of drug-likeness (QED) is 0.776. The molecule has 126 valence electrons. The van der Waals surface area contributed by atoms with Crippen LogP contribution in [0.2, 0.25) is 0 Å². The zero-order valence-electron chi connectivity index (χ0n) is 14.1. The summed E-state index contributed by atoms with van der Waals surface area (Å²) in [6.07, 6.45) is 4.81. The van der Waals surface area contributed by atoms with Crippen LogP contribution < -0.4 is 5.32 Å². The summed E-state index contributed by atoms with van der Waals surface area (Å²) in [6.45, 7) is 2.55. The van der Waals surface area contributed by atoms with Crippen molar-refractivity contribution in [1.82, 2.24) is 20.1 Å². The van der Waals surface area contributed by atoms with Crippen LogP contribution in [0.15, 0.2) is 48.9 Å². The van der Waals surface area contributed by atoms with Crippen molar-refractivity contribution in [3.05, 3.63) is 71.4 Å². The summed E-state index contributed by atoms with van der Waals surface area (Å²) in [5.74, 6) is -0.342. The molecule has 0 saturated heterocycles. The smallest absolute Gasteiger partial charge is 0.141 e. The van der Waals surface area contributed by atoms with E-state index in [9.17, 15) is 4.39 Å². The molecule has 2 aromatic heterocycles. The average molecular weight is 335 g/mol. The van der Waals surface area contributed by atoms with Crippen LogP contribution in [-0.4, -0.2) is 14.8 Å². The first-order valence-electron chi connectivity index (χ1n) is 7.93. The maximum Gasteiger partial charge on any atom is 0.141 e. The zero-order chi connectivity index (χ0) is 17.8. The summed E-state index contributed by atoms with van der Waals surface area (Å²) in [6, 6.07) is 10.9. The molecule has 0 bridgehead atoms. The first kappa shape index (κ1) is 16.8. The molecule has 1 atom stereocenters. The Balaban J connectivity index is 1.78. The maximum atomic E-state index is 13.3. The van der Waals surface area contributed by atoms with Gasteiger partial charge in [0, 0.05) is 43.2 Å². The summed E-state index contributed by atoms with van der Waals surface area (Å²) < 4.78 is 15.1. The number of rotatable bonds is 5. The van der Waals surface area contributed by atoms with Crippen LogP contribution in [0.3, 0.4) is 0 Å². The van der Waals surface area contributed by atoms with Crippen LogP contribution >= 0.6 is 0 Å². The zero-order valence-corrected chi connectivity index (χ0v) is 14.1. The SMILES string of the molecule is CC(NCc1cn(C)nc1-c1ccc(C#N)cc1)c1cncc(F)c1.